The number of nitrogens with two attached hydrogens (primary N) is 1. The SMILES string of the molecule is CC(CCN)c1ccc(-n2cccn2)c(Cl)c1. The van der Waals surface area contributed by atoms with Crippen molar-refractivity contribution in [3.8, 4) is 5.69 Å². The monoisotopic (exact) mass is 249 g/mol. The molecule has 1 aromatic carbocycles. The van der Waals surface area contributed by atoms with E-state index in [9.17, 15) is 0 Å². The molecule has 0 amide bonds. The summed E-state index contributed by atoms with van der Waals surface area (Å²) in [4.78, 5) is 0. The van der Waals surface area contributed by atoms with Crippen molar-refractivity contribution in [3.05, 3.63) is 47.2 Å². The summed E-state index contributed by atoms with van der Waals surface area (Å²) >= 11 is 6.27. The van der Waals surface area contributed by atoms with Crippen LogP contribution in [0.25, 0.3) is 5.69 Å². The Balaban J connectivity index is 2.29. The predicted molar refractivity (Wildman–Crippen MR) is 70.7 cm³/mol. The molecule has 1 heterocycles. The molecule has 1 aromatic heterocycles. The quantitative estimate of drug-likeness (QED) is 0.905. The van der Waals surface area contributed by atoms with Gasteiger partial charge in [0.1, 0.15) is 0 Å². The standard InChI is InChI=1S/C13H16ClN3/c1-10(5-6-15)11-3-4-13(12(14)9-11)17-8-2-7-16-17/h2-4,7-10H,5-6,15H2,1H3. The number of nitrogens with zero attached hydrogens (tertiary/aromatic N) is 2. The number of rotatable bonds is 4. The van der Waals surface area contributed by atoms with Crippen molar-refractivity contribution >= 4 is 11.6 Å². The Labute approximate surface area is 106 Å². The summed E-state index contributed by atoms with van der Waals surface area (Å²) in [5.41, 5.74) is 7.69. The molecule has 0 saturated heterocycles. The Morgan fingerprint density at radius 2 is 2.29 bits per heavy atom. The zero-order valence-electron chi connectivity index (χ0n) is 9.81. The van der Waals surface area contributed by atoms with E-state index in [1.165, 1.54) is 5.56 Å². The predicted octanol–water partition coefficient (Wildman–Crippen LogP) is 2.98. The van der Waals surface area contributed by atoms with Crippen molar-refractivity contribution in [2.24, 2.45) is 5.73 Å². The highest BCUT2D eigenvalue weighted by Crippen LogP contribution is 2.26. The summed E-state index contributed by atoms with van der Waals surface area (Å²) in [7, 11) is 0. The van der Waals surface area contributed by atoms with E-state index in [2.05, 4.69) is 18.1 Å². The summed E-state index contributed by atoms with van der Waals surface area (Å²) in [6.45, 7) is 2.85. The topological polar surface area (TPSA) is 43.8 Å². The third-order valence-electron chi connectivity index (χ3n) is 2.89. The maximum Gasteiger partial charge on any atom is 0.0831 e. The first-order valence-electron chi connectivity index (χ1n) is 5.72. The molecule has 1 unspecified atom stereocenters. The minimum absolute atomic E-state index is 0.434. The first kappa shape index (κ1) is 12.1. The van der Waals surface area contributed by atoms with E-state index in [-0.39, 0.29) is 0 Å². The number of hydrogen-bond donors (Lipinski definition) is 1. The van der Waals surface area contributed by atoms with E-state index in [1.54, 1.807) is 10.9 Å². The summed E-state index contributed by atoms with van der Waals surface area (Å²) < 4.78 is 1.76. The van der Waals surface area contributed by atoms with Gasteiger partial charge < -0.3 is 5.73 Å². The van der Waals surface area contributed by atoms with Gasteiger partial charge in [0.05, 0.1) is 10.7 Å². The van der Waals surface area contributed by atoms with Gasteiger partial charge in [-0.25, -0.2) is 4.68 Å². The number of hydrogen-bond acceptors (Lipinski definition) is 2. The molecule has 0 aliphatic carbocycles. The lowest BCUT2D eigenvalue weighted by molar-refractivity contribution is 0.690. The largest absolute Gasteiger partial charge is 0.330 e. The maximum absolute atomic E-state index is 6.27. The summed E-state index contributed by atoms with van der Waals surface area (Å²) in [6.07, 6.45) is 4.59. The molecule has 0 bridgehead atoms. The lowest BCUT2D eigenvalue weighted by atomic mass is 9.98. The molecule has 1 atom stereocenters. The second-order valence-corrected chi connectivity index (χ2v) is 4.55. The van der Waals surface area contributed by atoms with E-state index in [0.29, 0.717) is 12.5 Å². The number of benzene rings is 1. The van der Waals surface area contributed by atoms with E-state index < -0.39 is 0 Å². The van der Waals surface area contributed by atoms with Crippen molar-refractivity contribution in [1.82, 2.24) is 9.78 Å². The smallest absolute Gasteiger partial charge is 0.0831 e. The molecule has 17 heavy (non-hydrogen) atoms. The van der Waals surface area contributed by atoms with Gasteiger partial charge in [0.2, 0.25) is 0 Å². The highest BCUT2D eigenvalue weighted by atomic mass is 35.5. The van der Waals surface area contributed by atoms with Gasteiger partial charge in [0.15, 0.2) is 0 Å². The van der Waals surface area contributed by atoms with Gasteiger partial charge in [-0.1, -0.05) is 24.6 Å². The van der Waals surface area contributed by atoms with Gasteiger partial charge >= 0.3 is 0 Å². The highest BCUT2D eigenvalue weighted by molar-refractivity contribution is 6.32. The Hall–Kier alpha value is -1.32. The Morgan fingerprint density at radius 3 is 2.88 bits per heavy atom. The van der Waals surface area contributed by atoms with Crippen LogP contribution >= 0.6 is 11.6 Å². The Bertz CT molecular complexity index is 479. The second kappa shape index (κ2) is 5.34. The fourth-order valence-corrected chi connectivity index (χ4v) is 2.12. The van der Waals surface area contributed by atoms with E-state index in [4.69, 9.17) is 17.3 Å². The molecule has 4 heteroatoms. The van der Waals surface area contributed by atoms with Gasteiger partial charge in [-0.15, -0.1) is 0 Å². The average Bonchev–Trinajstić information content (AvgIpc) is 2.82. The molecular formula is C13H16ClN3. The summed E-state index contributed by atoms with van der Waals surface area (Å²) in [5.74, 6) is 0.434. The van der Waals surface area contributed by atoms with Gasteiger partial charge in [-0.3, -0.25) is 0 Å². The lowest BCUT2D eigenvalue weighted by Crippen LogP contribution is -2.05. The van der Waals surface area contributed by atoms with Crippen LogP contribution in [0.3, 0.4) is 0 Å². The Kier molecular flexibility index (Phi) is 3.82. The van der Waals surface area contributed by atoms with Crippen molar-refractivity contribution in [2.75, 3.05) is 6.54 Å². The fraction of sp³-hybridized carbons (Fsp3) is 0.308. The van der Waals surface area contributed by atoms with Crippen molar-refractivity contribution in [1.29, 1.82) is 0 Å². The van der Waals surface area contributed by atoms with Crippen LogP contribution in [0.4, 0.5) is 0 Å². The second-order valence-electron chi connectivity index (χ2n) is 4.14. The molecule has 0 fully saturated rings. The molecule has 0 radical (unpaired) electrons. The molecule has 2 rings (SSSR count). The zero-order chi connectivity index (χ0) is 12.3. The minimum atomic E-state index is 0.434. The number of aromatic nitrogens is 2. The summed E-state index contributed by atoms with van der Waals surface area (Å²) in [6, 6.07) is 7.96. The lowest BCUT2D eigenvalue weighted by Gasteiger charge is -2.12. The molecule has 3 nitrogen and oxygen atoms in total. The Morgan fingerprint density at radius 1 is 1.47 bits per heavy atom. The number of halogens is 1. The van der Waals surface area contributed by atoms with Crippen LogP contribution in [0.15, 0.2) is 36.7 Å². The molecule has 90 valence electrons. The first-order chi connectivity index (χ1) is 8.22. The average molecular weight is 250 g/mol. The molecular weight excluding hydrogens is 234 g/mol. The van der Waals surface area contributed by atoms with Crippen LogP contribution in [-0.2, 0) is 0 Å². The zero-order valence-corrected chi connectivity index (χ0v) is 10.6. The van der Waals surface area contributed by atoms with Gasteiger partial charge in [0, 0.05) is 12.4 Å². The third-order valence-corrected chi connectivity index (χ3v) is 3.19. The van der Waals surface area contributed by atoms with Crippen LogP contribution < -0.4 is 5.73 Å². The van der Waals surface area contributed by atoms with Gasteiger partial charge in [0.25, 0.3) is 0 Å². The fourth-order valence-electron chi connectivity index (χ4n) is 1.84. The molecule has 2 N–H and O–H groups in total. The van der Waals surface area contributed by atoms with Crippen LogP contribution in [0, 0.1) is 0 Å². The van der Waals surface area contributed by atoms with Gasteiger partial charge in [-0.2, -0.15) is 5.10 Å². The van der Waals surface area contributed by atoms with Crippen molar-refractivity contribution in [2.45, 2.75) is 19.3 Å². The van der Waals surface area contributed by atoms with Crippen LogP contribution in [0.5, 0.6) is 0 Å². The molecule has 0 spiro atoms. The van der Waals surface area contributed by atoms with E-state index in [1.807, 2.05) is 24.4 Å². The molecule has 0 saturated carbocycles. The van der Waals surface area contributed by atoms with Gasteiger partial charge in [-0.05, 0) is 42.6 Å². The van der Waals surface area contributed by atoms with Crippen LogP contribution in [-0.4, -0.2) is 16.3 Å². The first-order valence-corrected chi connectivity index (χ1v) is 6.09. The van der Waals surface area contributed by atoms with E-state index >= 15 is 0 Å². The summed E-state index contributed by atoms with van der Waals surface area (Å²) in [5, 5.41) is 4.89. The third kappa shape index (κ3) is 2.68. The van der Waals surface area contributed by atoms with Crippen molar-refractivity contribution < 1.29 is 0 Å². The molecule has 0 aliphatic heterocycles. The highest BCUT2D eigenvalue weighted by Gasteiger charge is 2.08. The van der Waals surface area contributed by atoms with Crippen LogP contribution in [0.2, 0.25) is 5.02 Å². The van der Waals surface area contributed by atoms with Crippen molar-refractivity contribution in [3.63, 3.8) is 0 Å². The molecule has 2 aromatic rings. The normalized spacial score (nSPS) is 12.6. The van der Waals surface area contributed by atoms with Crippen LogP contribution in [0.1, 0.15) is 24.8 Å². The maximum atomic E-state index is 6.27. The molecule has 0 aliphatic rings. The minimum Gasteiger partial charge on any atom is -0.330 e. The van der Waals surface area contributed by atoms with E-state index in [0.717, 1.165) is 17.1 Å².